The van der Waals surface area contributed by atoms with Crippen molar-refractivity contribution in [3.63, 3.8) is 0 Å². The van der Waals surface area contributed by atoms with E-state index in [-0.39, 0.29) is 0 Å². The SMILES string of the molecule is CNC1CCC(C2CCCCC2)CC1. The van der Waals surface area contributed by atoms with Gasteiger partial charge < -0.3 is 5.32 Å². The summed E-state index contributed by atoms with van der Waals surface area (Å²) in [7, 11) is 2.12. The van der Waals surface area contributed by atoms with Gasteiger partial charge in [-0.1, -0.05) is 32.1 Å². The Kier molecular flexibility index (Phi) is 3.86. The largest absolute Gasteiger partial charge is 0.317 e. The number of hydrogen-bond acceptors (Lipinski definition) is 1. The van der Waals surface area contributed by atoms with E-state index in [1.54, 1.807) is 0 Å². The summed E-state index contributed by atoms with van der Waals surface area (Å²) in [6.45, 7) is 0. The Labute approximate surface area is 88.7 Å². The topological polar surface area (TPSA) is 12.0 Å². The van der Waals surface area contributed by atoms with Crippen LogP contribution in [0.25, 0.3) is 0 Å². The maximum atomic E-state index is 3.43. The van der Waals surface area contributed by atoms with E-state index in [0.717, 1.165) is 17.9 Å². The molecule has 0 aromatic heterocycles. The highest BCUT2D eigenvalue weighted by atomic mass is 14.9. The average Bonchev–Trinajstić information content (AvgIpc) is 2.30. The van der Waals surface area contributed by atoms with Crippen molar-refractivity contribution in [2.75, 3.05) is 7.05 Å². The van der Waals surface area contributed by atoms with Crippen molar-refractivity contribution in [2.24, 2.45) is 11.8 Å². The maximum absolute atomic E-state index is 3.43. The zero-order valence-corrected chi connectivity index (χ0v) is 9.60. The van der Waals surface area contributed by atoms with Gasteiger partial charge >= 0.3 is 0 Å². The third kappa shape index (κ3) is 2.50. The highest BCUT2D eigenvalue weighted by molar-refractivity contribution is 4.81. The van der Waals surface area contributed by atoms with Crippen molar-refractivity contribution < 1.29 is 0 Å². The molecule has 0 radical (unpaired) electrons. The molecule has 0 heterocycles. The van der Waals surface area contributed by atoms with Gasteiger partial charge in [-0.3, -0.25) is 0 Å². The molecule has 1 nitrogen and oxygen atoms in total. The summed E-state index contributed by atoms with van der Waals surface area (Å²) in [4.78, 5) is 0. The molecule has 0 bridgehead atoms. The van der Waals surface area contributed by atoms with Gasteiger partial charge in [-0.05, 0) is 44.6 Å². The summed E-state index contributed by atoms with van der Waals surface area (Å²) < 4.78 is 0. The highest BCUT2D eigenvalue weighted by Crippen LogP contribution is 2.38. The smallest absolute Gasteiger partial charge is 0.00642 e. The molecule has 0 spiro atoms. The van der Waals surface area contributed by atoms with Gasteiger partial charge in [-0.15, -0.1) is 0 Å². The molecule has 2 fully saturated rings. The van der Waals surface area contributed by atoms with E-state index >= 15 is 0 Å². The van der Waals surface area contributed by atoms with E-state index in [4.69, 9.17) is 0 Å². The van der Waals surface area contributed by atoms with Gasteiger partial charge in [0, 0.05) is 6.04 Å². The van der Waals surface area contributed by atoms with E-state index in [1.807, 2.05) is 0 Å². The molecule has 1 heteroatoms. The minimum Gasteiger partial charge on any atom is -0.317 e. The summed E-state index contributed by atoms with van der Waals surface area (Å²) in [6, 6.07) is 0.829. The molecule has 0 amide bonds. The first-order valence-electron chi connectivity index (χ1n) is 6.57. The van der Waals surface area contributed by atoms with Gasteiger partial charge in [0.2, 0.25) is 0 Å². The molecule has 2 saturated carbocycles. The molecule has 0 saturated heterocycles. The quantitative estimate of drug-likeness (QED) is 0.712. The van der Waals surface area contributed by atoms with Gasteiger partial charge in [0.15, 0.2) is 0 Å². The lowest BCUT2D eigenvalue weighted by molar-refractivity contribution is 0.179. The van der Waals surface area contributed by atoms with Crippen molar-refractivity contribution in [2.45, 2.75) is 63.8 Å². The van der Waals surface area contributed by atoms with Crippen LogP contribution in [0.4, 0.5) is 0 Å². The van der Waals surface area contributed by atoms with Crippen LogP contribution >= 0.6 is 0 Å². The Morgan fingerprint density at radius 3 is 1.86 bits per heavy atom. The first kappa shape index (κ1) is 10.5. The summed E-state index contributed by atoms with van der Waals surface area (Å²) in [6.07, 6.45) is 13.4. The molecule has 0 aromatic carbocycles. The number of nitrogens with one attached hydrogen (secondary N) is 1. The molecule has 0 atom stereocenters. The molecule has 0 aliphatic heterocycles. The molecule has 0 unspecified atom stereocenters. The standard InChI is InChI=1S/C13H25N/c1-14-13-9-7-12(8-10-13)11-5-3-2-4-6-11/h11-14H,2-10H2,1H3. The van der Waals surface area contributed by atoms with Crippen molar-refractivity contribution >= 4 is 0 Å². The van der Waals surface area contributed by atoms with Crippen molar-refractivity contribution in [3.05, 3.63) is 0 Å². The summed E-state index contributed by atoms with van der Waals surface area (Å²) in [5.41, 5.74) is 0. The highest BCUT2D eigenvalue weighted by Gasteiger charge is 2.27. The lowest BCUT2D eigenvalue weighted by atomic mass is 9.72. The lowest BCUT2D eigenvalue weighted by Crippen LogP contribution is -2.32. The lowest BCUT2D eigenvalue weighted by Gasteiger charge is -2.35. The van der Waals surface area contributed by atoms with Crippen molar-refractivity contribution in [1.29, 1.82) is 0 Å². The third-order valence-electron chi connectivity index (χ3n) is 4.50. The van der Waals surface area contributed by atoms with Crippen LogP contribution in [-0.2, 0) is 0 Å². The predicted octanol–water partition coefficient (Wildman–Crippen LogP) is 3.34. The second-order valence-corrected chi connectivity index (χ2v) is 5.30. The van der Waals surface area contributed by atoms with Crippen LogP contribution in [0.5, 0.6) is 0 Å². The zero-order valence-electron chi connectivity index (χ0n) is 9.60. The Balaban J connectivity index is 1.76. The van der Waals surface area contributed by atoms with Crippen LogP contribution in [0.3, 0.4) is 0 Å². The average molecular weight is 195 g/mol. The summed E-state index contributed by atoms with van der Waals surface area (Å²) >= 11 is 0. The fourth-order valence-electron chi connectivity index (χ4n) is 3.48. The number of hydrogen-bond donors (Lipinski definition) is 1. The van der Waals surface area contributed by atoms with E-state index < -0.39 is 0 Å². The molecule has 2 aliphatic rings. The molecular formula is C13H25N. The zero-order chi connectivity index (χ0) is 9.80. The molecule has 1 N–H and O–H groups in total. The molecule has 0 aromatic rings. The van der Waals surface area contributed by atoms with Crippen molar-refractivity contribution in [3.8, 4) is 0 Å². The first-order chi connectivity index (χ1) is 6.90. The fraction of sp³-hybridized carbons (Fsp3) is 1.00. The second-order valence-electron chi connectivity index (χ2n) is 5.30. The maximum Gasteiger partial charge on any atom is 0.00642 e. The Hall–Kier alpha value is -0.0400. The van der Waals surface area contributed by atoms with Crippen LogP contribution in [0.1, 0.15) is 57.8 Å². The molecule has 2 rings (SSSR count). The van der Waals surface area contributed by atoms with Gasteiger partial charge in [0.05, 0.1) is 0 Å². The first-order valence-corrected chi connectivity index (χ1v) is 6.57. The van der Waals surface area contributed by atoms with Crippen LogP contribution in [0.15, 0.2) is 0 Å². The fourth-order valence-corrected chi connectivity index (χ4v) is 3.48. The Morgan fingerprint density at radius 2 is 1.29 bits per heavy atom. The van der Waals surface area contributed by atoms with Crippen LogP contribution in [-0.4, -0.2) is 13.1 Å². The summed E-state index contributed by atoms with van der Waals surface area (Å²) in [5.74, 6) is 2.18. The van der Waals surface area contributed by atoms with Gasteiger partial charge in [0.25, 0.3) is 0 Å². The van der Waals surface area contributed by atoms with Crippen LogP contribution in [0, 0.1) is 11.8 Å². The minimum absolute atomic E-state index is 0.829. The van der Waals surface area contributed by atoms with Crippen LogP contribution < -0.4 is 5.32 Å². The van der Waals surface area contributed by atoms with Gasteiger partial charge in [-0.2, -0.15) is 0 Å². The predicted molar refractivity (Wildman–Crippen MR) is 61.4 cm³/mol. The van der Waals surface area contributed by atoms with E-state index in [1.165, 1.54) is 57.8 Å². The minimum atomic E-state index is 0.829. The van der Waals surface area contributed by atoms with Crippen LogP contribution in [0.2, 0.25) is 0 Å². The monoisotopic (exact) mass is 195 g/mol. The van der Waals surface area contributed by atoms with E-state index in [9.17, 15) is 0 Å². The molecule has 2 aliphatic carbocycles. The van der Waals surface area contributed by atoms with Crippen molar-refractivity contribution in [1.82, 2.24) is 5.32 Å². The normalized spacial score (nSPS) is 35.8. The molecule has 14 heavy (non-hydrogen) atoms. The molecular weight excluding hydrogens is 170 g/mol. The van der Waals surface area contributed by atoms with E-state index in [0.29, 0.717) is 0 Å². The summed E-state index contributed by atoms with van der Waals surface area (Å²) in [5, 5.41) is 3.43. The third-order valence-corrected chi connectivity index (χ3v) is 4.50. The van der Waals surface area contributed by atoms with E-state index in [2.05, 4.69) is 12.4 Å². The molecule has 82 valence electrons. The second kappa shape index (κ2) is 5.16. The van der Waals surface area contributed by atoms with Gasteiger partial charge in [0.1, 0.15) is 0 Å². The van der Waals surface area contributed by atoms with Gasteiger partial charge in [-0.25, -0.2) is 0 Å². The Morgan fingerprint density at radius 1 is 0.714 bits per heavy atom. The Bertz CT molecular complexity index is 153. The number of rotatable bonds is 2.